The molecule has 0 bridgehead atoms. The number of carbonyl (C=O) groups excluding carboxylic acids is 1. The highest BCUT2D eigenvalue weighted by molar-refractivity contribution is 7.15. The van der Waals surface area contributed by atoms with E-state index in [1.807, 2.05) is 24.8 Å². The van der Waals surface area contributed by atoms with Crippen LogP contribution in [-0.4, -0.2) is 58.6 Å². The van der Waals surface area contributed by atoms with Crippen molar-refractivity contribution in [3.63, 3.8) is 0 Å². The molecule has 2 aromatic heterocycles. The highest BCUT2D eigenvalue weighted by Crippen LogP contribution is 2.31. The van der Waals surface area contributed by atoms with E-state index in [1.165, 1.54) is 4.88 Å². The van der Waals surface area contributed by atoms with E-state index in [0.717, 1.165) is 49.8 Å². The van der Waals surface area contributed by atoms with Gasteiger partial charge in [-0.25, -0.2) is 0 Å². The van der Waals surface area contributed by atoms with Gasteiger partial charge in [0.25, 0.3) is 5.89 Å². The summed E-state index contributed by atoms with van der Waals surface area (Å²) in [6.07, 6.45) is 1.91. The van der Waals surface area contributed by atoms with Crippen LogP contribution in [0.1, 0.15) is 43.4 Å². The third-order valence-corrected chi connectivity index (χ3v) is 5.79. The Labute approximate surface area is 152 Å². The number of aromatic nitrogens is 2. The Morgan fingerprint density at radius 1 is 1.28 bits per heavy atom. The van der Waals surface area contributed by atoms with Gasteiger partial charge in [-0.15, -0.1) is 21.5 Å². The van der Waals surface area contributed by atoms with Gasteiger partial charge >= 0.3 is 0 Å². The van der Waals surface area contributed by atoms with Crippen LogP contribution in [0.25, 0.3) is 10.8 Å². The van der Waals surface area contributed by atoms with Crippen molar-refractivity contribution in [2.75, 3.05) is 32.7 Å². The summed E-state index contributed by atoms with van der Waals surface area (Å²) in [5.74, 6) is 1.86. The predicted molar refractivity (Wildman–Crippen MR) is 98.7 cm³/mol. The van der Waals surface area contributed by atoms with Crippen molar-refractivity contribution in [2.24, 2.45) is 0 Å². The number of hydrogen-bond donors (Lipinski definition) is 0. The van der Waals surface area contributed by atoms with E-state index in [4.69, 9.17) is 4.42 Å². The van der Waals surface area contributed by atoms with Crippen LogP contribution in [0.5, 0.6) is 0 Å². The van der Waals surface area contributed by atoms with Gasteiger partial charge in [-0.3, -0.25) is 9.69 Å². The smallest absolute Gasteiger partial charge is 0.257 e. The molecule has 0 N–H and O–H groups in total. The molecule has 1 aliphatic rings. The molecule has 1 fully saturated rings. The van der Waals surface area contributed by atoms with Gasteiger partial charge < -0.3 is 9.32 Å². The summed E-state index contributed by atoms with van der Waals surface area (Å²) in [5, 5.41) is 8.47. The van der Waals surface area contributed by atoms with Gasteiger partial charge in [0.2, 0.25) is 11.8 Å². The first-order valence-corrected chi connectivity index (χ1v) is 9.82. The molecule has 0 atom stereocenters. The molecule has 0 aromatic carbocycles. The summed E-state index contributed by atoms with van der Waals surface area (Å²) in [6.45, 7) is 9.98. The fraction of sp³-hybridized carbons (Fsp3) is 0.611. The minimum Gasteiger partial charge on any atom is -0.420 e. The number of likely N-dealkylation sites (N-methyl/N-ethyl adjacent to an activating group) is 1. The van der Waals surface area contributed by atoms with Gasteiger partial charge in [-0.1, -0.05) is 0 Å². The Morgan fingerprint density at radius 2 is 2.00 bits per heavy atom. The highest BCUT2D eigenvalue weighted by atomic mass is 32.1. The molecule has 3 heterocycles. The molecule has 0 unspecified atom stereocenters. The van der Waals surface area contributed by atoms with Crippen molar-refractivity contribution in [1.82, 2.24) is 20.0 Å². The lowest BCUT2D eigenvalue weighted by molar-refractivity contribution is -0.132. The molecule has 136 valence electrons. The number of hydrogen-bond acceptors (Lipinski definition) is 6. The monoisotopic (exact) mass is 362 g/mol. The Balaban J connectivity index is 1.54. The zero-order valence-electron chi connectivity index (χ0n) is 15.2. The molecule has 6 nitrogen and oxygen atoms in total. The van der Waals surface area contributed by atoms with E-state index in [9.17, 15) is 4.79 Å². The van der Waals surface area contributed by atoms with Gasteiger partial charge in [0, 0.05) is 23.9 Å². The maximum absolute atomic E-state index is 12.2. The zero-order chi connectivity index (χ0) is 17.8. The second-order valence-electron chi connectivity index (χ2n) is 6.47. The van der Waals surface area contributed by atoms with Crippen LogP contribution >= 0.6 is 11.3 Å². The zero-order valence-corrected chi connectivity index (χ0v) is 16.0. The molecule has 1 saturated heterocycles. The highest BCUT2D eigenvalue weighted by Gasteiger charge is 2.27. The average molecular weight is 362 g/mol. The van der Waals surface area contributed by atoms with Crippen LogP contribution in [0.4, 0.5) is 0 Å². The van der Waals surface area contributed by atoms with Crippen molar-refractivity contribution in [2.45, 2.75) is 39.5 Å². The molecule has 0 aliphatic carbocycles. The fourth-order valence-electron chi connectivity index (χ4n) is 3.25. The lowest BCUT2D eigenvalue weighted by atomic mass is 9.97. The largest absolute Gasteiger partial charge is 0.420 e. The number of piperidine rings is 1. The topological polar surface area (TPSA) is 62.5 Å². The average Bonchev–Trinajstić information content (AvgIpc) is 3.25. The first-order valence-electron chi connectivity index (χ1n) is 9.01. The third-order valence-electron chi connectivity index (χ3n) is 4.80. The number of aryl methyl sites for hydroxylation is 1. The molecule has 0 saturated carbocycles. The molecule has 2 aromatic rings. The number of likely N-dealkylation sites (tertiary alicyclic amines) is 1. The molecule has 3 rings (SSSR count). The quantitative estimate of drug-likeness (QED) is 0.790. The summed E-state index contributed by atoms with van der Waals surface area (Å²) in [7, 11) is 0. The molecular weight excluding hydrogens is 336 g/mol. The van der Waals surface area contributed by atoms with E-state index in [1.54, 1.807) is 11.3 Å². The van der Waals surface area contributed by atoms with Crippen molar-refractivity contribution in [3.05, 3.63) is 22.9 Å². The summed E-state index contributed by atoms with van der Waals surface area (Å²) < 4.78 is 5.91. The number of carbonyl (C=O) groups is 1. The van der Waals surface area contributed by atoms with Gasteiger partial charge in [0.05, 0.1) is 11.4 Å². The van der Waals surface area contributed by atoms with Crippen LogP contribution < -0.4 is 0 Å². The van der Waals surface area contributed by atoms with E-state index in [-0.39, 0.29) is 5.91 Å². The molecule has 0 spiro atoms. The lowest BCUT2D eigenvalue weighted by Gasteiger charge is -2.31. The molecule has 7 heteroatoms. The first-order chi connectivity index (χ1) is 12.1. The van der Waals surface area contributed by atoms with Crippen LogP contribution in [0.2, 0.25) is 0 Å². The van der Waals surface area contributed by atoms with Crippen molar-refractivity contribution in [3.8, 4) is 10.8 Å². The Hall–Kier alpha value is -1.73. The van der Waals surface area contributed by atoms with Crippen molar-refractivity contribution < 1.29 is 9.21 Å². The van der Waals surface area contributed by atoms with Crippen molar-refractivity contribution >= 4 is 17.2 Å². The minimum atomic E-state index is 0.219. The molecule has 0 radical (unpaired) electrons. The molecular formula is C18H26N4O2S. The van der Waals surface area contributed by atoms with Gasteiger partial charge in [0.1, 0.15) is 0 Å². The standard InChI is InChI=1S/C18H26N4O2S/c1-4-22(5-2)16(23)12-21-10-8-14(9-11-21)17-19-20-18(24-17)15-7-6-13(3)25-15/h6-7,14H,4-5,8-12H2,1-3H3. The second-order valence-corrected chi connectivity index (χ2v) is 7.76. The number of thiophene rings is 1. The SMILES string of the molecule is CCN(CC)C(=O)CN1CCC(c2nnc(-c3ccc(C)s3)o2)CC1. The van der Waals surface area contributed by atoms with E-state index in [0.29, 0.717) is 18.4 Å². The summed E-state index contributed by atoms with van der Waals surface area (Å²) in [4.78, 5) is 18.6. The summed E-state index contributed by atoms with van der Waals surface area (Å²) >= 11 is 1.67. The lowest BCUT2D eigenvalue weighted by Crippen LogP contribution is -2.43. The molecule has 1 aliphatic heterocycles. The number of rotatable bonds is 6. The maximum Gasteiger partial charge on any atom is 0.257 e. The molecule has 25 heavy (non-hydrogen) atoms. The van der Waals surface area contributed by atoms with Crippen LogP contribution in [0.15, 0.2) is 16.5 Å². The maximum atomic E-state index is 12.2. The Kier molecular flexibility index (Phi) is 5.86. The van der Waals surface area contributed by atoms with Gasteiger partial charge in [0.15, 0.2) is 0 Å². The van der Waals surface area contributed by atoms with Gasteiger partial charge in [-0.2, -0.15) is 0 Å². The predicted octanol–water partition coefficient (Wildman–Crippen LogP) is 3.15. The van der Waals surface area contributed by atoms with Crippen LogP contribution in [-0.2, 0) is 4.79 Å². The van der Waals surface area contributed by atoms with E-state index < -0.39 is 0 Å². The normalized spacial score (nSPS) is 16.3. The van der Waals surface area contributed by atoms with Crippen molar-refractivity contribution in [1.29, 1.82) is 0 Å². The number of nitrogens with zero attached hydrogens (tertiary/aromatic N) is 4. The summed E-state index contributed by atoms with van der Waals surface area (Å²) in [6, 6.07) is 4.09. The second kappa shape index (κ2) is 8.10. The summed E-state index contributed by atoms with van der Waals surface area (Å²) in [5.41, 5.74) is 0. The minimum absolute atomic E-state index is 0.219. The third kappa shape index (κ3) is 4.27. The van der Waals surface area contributed by atoms with Crippen LogP contribution in [0.3, 0.4) is 0 Å². The van der Waals surface area contributed by atoms with Gasteiger partial charge in [-0.05, 0) is 58.8 Å². The first kappa shape index (κ1) is 18.1. The fourth-order valence-corrected chi connectivity index (χ4v) is 4.04. The Morgan fingerprint density at radius 3 is 2.60 bits per heavy atom. The molecule has 1 amide bonds. The van der Waals surface area contributed by atoms with Crippen LogP contribution in [0, 0.1) is 6.92 Å². The van der Waals surface area contributed by atoms with E-state index >= 15 is 0 Å². The van der Waals surface area contributed by atoms with E-state index in [2.05, 4.69) is 28.1 Å². The number of amides is 1. The Bertz CT molecular complexity index is 700.